The van der Waals surface area contributed by atoms with E-state index >= 15 is 0 Å². The van der Waals surface area contributed by atoms with Crippen molar-refractivity contribution in [2.24, 2.45) is 5.92 Å². The normalized spacial score (nSPS) is 11.8. The molecule has 0 saturated heterocycles. The summed E-state index contributed by atoms with van der Waals surface area (Å²) >= 11 is 5.89. The molecule has 1 aromatic rings. The zero-order valence-corrected chi connectivity index (χ0v) is 13.0. The van der Waals surface area contributed by atoms with E-state index in [1.807, 2.05) is 20.9 Å². The molecule has 1 unspecified atom stereocenters. The molecule has 0 spiro atoms. The highest BCUT2D eigenvalue weighted by molar-refractivity contribution is 6.28. The van der Waals surface area contributed by atoms with Crippen molar-refractivity contribution >= 4 is 29.4 Å². The monoisotopic (exact) mass is 300 g/mol. The van der Waals surface area contributed by atoms with Crippen LogP contribution in [0.5, 0.6) is 0 Å². The van der Waals surface area contributed by atoms with Crippen LogP contribution in [0.4, 0.5) is 11.9 Å². The van der Waals surface area contributed by atoms with Gasteiger partial charge in [0, 0.05) is 27.2 Å². The van der Waals surface area contributed by atoms with Gasteiger partial charge in [0.05, 0.1) is 5.92 Å². The average molecular weight is 301 g/mol. The Hall–Kier alpha value is -1.63. The zero-order chi connectivity index (χ0) is 15.1. The van der Waals surface area contributed by atoms with Crippen LogP contribution in [0.25, 0.3) is 0 Å². The molecular formula is C12H21ClN6O. The average Bonchev–Trinajstić information content (AvgIpc) is 2.43. The number of amides is 1. The number of nitrogens with zero attached hydrogens (tertiary/aromatic N) is 4. The van der Waals surface area contributed by atoms with Gasteiger partial charge in [0.2, 0.25) is 23.1 Å². The Bertz CT molecular complexity index is 456. The second-order valence-electron chi connectivity index (χ2n) is 4.55. The van der Waals surface area contributed by atoms with E-state index in [-0.39, 0.29) is 17.1 Å². The van der Waals surface area contributed by atoms with Crippen molar-refractivity contribution in [2.75, 3.05) is 37.4 Å². The second-order valence-corrected chi connectivity index (χ2v) is 4.89. The number of nitrogens with one attached hydrogen (secondary N) is 2. The number of hydrogen-bond acceptors (Lipinski definition) is 6. The minimum atomic E-state index is -0.174. The van der Waals surface area contributed by atoms with E-state index in [2.05, 4.69) is 25.6 Å². The first kappa shape index (κ1) is 16.4. The molecule has 1 rings (SSSR count). The van der Waals surface area contributed by atoms with E-state index in [1.54, 1.807) is 11.9 Å². The van der Waals surface area contributed by atoms with Crippen LogP contribution in [0.15, 0.2) is 0 Å². The molecule has 20 heavy (non-hydrogen) atoms. The molecule has 112 valence electrons. The molecule has 0 bridgehead atoms. The molecule has 0 aliphatic carbocycles. The van der Waals surface area contributed by atoms with Crippen molar-refractivity contribution in [3.8, 4) is 0 Å². The Morgan fingerprint density at radius 2 is 2.10 bits per heavy atom. The lowest BCUT2D eigenvalue weighted by molar-refractivity contribution is -0.123. The van der Waals surface area contributed by atoms with Crippen molar-refractivity contribution in [1.29, 1.82) is 0 Å². The van der Waals surface area contributed by atoms with Gasteiger partial charge in [-0.15, -0.1) is 0 Å². The maximum Gasteiger partial charge on any atom is 0.231 e. The number of rotatable bonds is 7. The van der Waals surface area contributed by atoms with Crippen LogP contribution >= 0.6 is 11.6 Å². The molecule has 0 saturated carbocycles. The number of halogens is 1. The van der Waals surface area contributed by atoms with Crippen molar-refractivity contribution in [3.05, 3.63) is 5.28 Å². The van der Waals surface area contributed by atoms with Crippen molar-refractivity contribution in [3.63, 3.8) is 0 Å². The number of hydrogen-bond donors (Lipinski definition) is 2. The summed E-state index contributed by atoms with van der Waals surface area (Å²) in [5.74, 6) is 0.689. The molecule has 8 heteroatoms. The van der Waals surface area contributed by atoms with E-state index in [0.717, 1.165) is 13.0 Å². The molecule has 1 aromatic heterocycles. The first-order chi connectivity index (χ1) is 9.47. The molecule has 0 aliphatic heterocycles. The summed E-state index contributed by atoms with van der Waals surface area (Å²) in [6.07, 6.45) is 0.960. The summed E-state index contributed by atoms with van der Waals surface area (Å²) in [6.45, 7) is 5.15. The Morgan fingerprint density at radius 1 is 1.40 bits per heavy atom. The summed E-state index contributed by atoms with van der Waals surface area (Å²) < 4.78 is 0. The third kappa shape index (κ3) is 4.80. The van der Waals surface area contributed by atoms with Gasteiger partial charge in [0.25, 0.3) is 0 Å². The maximum atomic E-state index is 11.5. The minimum absolute atomic E-state index is 0.0265. The highest BCUT2D eigenvalue weighted by atomic mass is 35.5. The van der Waals surface area contributed by atoms with E-state index in [9.17, 15) is 4.79 Å². The van der Waals surface area contributed by atoms with Crippen LogP contribution < -0.4 is 15.5 Å². The van der Waals surface area contributed by atoms with Crippen LogP contribution in [0.3, 0.4) is 0 Å². The van der Waals surface area contributed by atoms with Gasteiger partial charge in [-0.1, -0.05) is 13.8 Å². The van der Waals surface area contributed by atoms with Crippen LogP contribution in [0.2, 0.25) is 5.28 Å². The fourth-order valence-corrected chi connectivity index (χ4v) is 1.80. The molecule has 0 radical (unpaired) electrons. The lowest BCUT2D eigenvalue weighted by Crippen LogP contribution is -2.35. The zero-order valence-electron chi connectivity index (χ0n) is 12.3. The van der Waals surface area contributed by atoms with Gasteiger partial charge in [0.1, 0.15) is 0 Å². The second kappa shape index (κ2) is 7.84. The summed E-state index contributed by atoms with van der Waals surface area (Å²) in [5.41, 5.74) is 0. The lowest BCUT2D eigenvalue weighted by atomic mass is 10.1. The van der Waals surface area contributed by atoms with Crippen molar-refractivity contribution < 1.29 is 4.79 Å². The smallest absolute Gasteiger partial charge is 0.231 e. The highest BCUT2D eigenvalue weighted by Gasteiger charge is 2.16. The first-order valence-corrected chi connectivity index (χ1v) is 6.93. The first-order valence-electron chi connectivity index (χ1n) is 6.56. The Morgan fingerprint density at radius 3 is 2.70 bits per heavy atom. The Kier molecular flexibility index (Phi) is 6.44. The fourth-order valence-electron chi connectivity index (χ4n) is 1.65. The fraction of sp³-hybridized carbons (Fsp3) is 0.667. The van der Waals surface area contributed by atoms with Crippen LogP contribution in [0.1, 0.15) is 20.3 Å². The molecule has 0 fully saturated rings. The largest absolute Gasteiger partial charge is 0.359 e. The number of anilines is 2. The van der Waals surface area contributed by atoms with Gasteiger partial charge in [0.15, 0.2) is 0 Å². The molecule has 0 aliphatic rings. The van der Waals surface area contributed by atoms with Gasteiger partial charge in [-0.2, -0.15) is 15.0 Å². The molecular weight excluding hydrogens is 280 g/mol. The molecule has 1 atom stereocenters. The van der Waals surface area contributed by atoms with E-state index < -0.39 is 0 Å². The molecule has 7 nitrogen and oxygen atoms in total. The lowest BCUT2D eigenvalue weighted by Gasteiger charge is -2.21. The molecule has 1 heterocycles. The van der Waals surface area contributed by atoms with Gasteiger partial charge in [-0.3, -0.25) is 4.79 Å². The Balaban J connectivity index is 2.78. The quantitative estimate of drug-likeness (QED) is 0.786. The molecule has 0 aromatic carbocycles. The van der Waals surface area contributed by atoms with Crippen molar-refractivity contribution in [2.45, 2.75) is 20.3 Å². The van der Waals surface area contributed by atoms with Gasteiger partial charge >= 0.3 is 0 Å². The SMILES string of the molecule is CCCNc1nc(Cl)nc(N(C)CC(C)C(=O)NC)n1. The summed E-state index contributed by atoms with van der Waals surface area (Å²) in [6, 6.07) is 0. The Labute approximate surface area is 124 Å². The van der Waals surface area contributed by atoms with Crippen molar-refractivity contribution in [1.82, 2.24) is 20.3 Å². The third-order valence-corrected chi connectivity index (χ3v) is 2.88. The molecule has 1 amide bonds. The van der Waals surface area contributed by atoms with Gasteiger partial charge in [-0.25, -0.2) is 0 Å². The standard InChI is InChI=1S/C12H21ClN6O/c1-5-6-15-11-16-10(13)17-12(18-11)19(4)7-8(2)9(20)14-3/h8H,5-7H2,1-4H3,(H,14,20)(H,15,16,17,18). The van der Waals surface area contributed by atoms with E-state index in [1.165, 1.54) is 0 Å². The number of carbonyl (C=O) groups excluding carboxylic acids is 1. The van der Waals surface area contributed by atoms with Gasteiger partial charge < -0.3 is 15.5 Å². The third-order valence-electron chi connectivity index (χ3n) is 2.71. The summed E-state index contributed by atoms with van der Waals surface area (Å²) in [5, 5.41) is 5.81. The summed E-state index contributed by atoms with van der Waals surface area (Å²) in [4.78, 5) is 25.7. The number of aromatic nitrogens is 3. The summed E-state index contributed by atoms with van der Waals surface area (Å²) in [7, 11) is 3.43. The predicted octanol–water partition coefficient (Wildman–Crippen LogP) is 1.17. The maximum absolute atomic E-state index is 11.5. The van der Waals surface area contributed by atoms with E-state index in [0.29, 0.717) is 18.4 Å². The minimum Gasteiger partial charge on any atom is -0.359 e. The van der Waals surface area contributed by atoms with Gasteiger partial charge in [-0.05, 0) is 18.0 Å². The van der Waals surface area contributed by atoms with E-state index in [4.69, 9.17) is 11.6 Å². The van der Waals surface area contributed by atoms with Crippen LogP contribution in [-0.4, -0.2) is 48.0 Å². The predicted molar refractivity (Wildman–Crippen MR) is 80.1 cm³/mol. The highest BCUT2D eigenvalue weighted by Crippen LogP contribution is 2.14. The molecule has 2 N–H and O–H groups in total. The topological polar surface area (TPSA) is 83.0 Å². The van der Waals surface area contributed by atoms with Crippen LogP contribution in [0, 0.1) is 5.92 Å². The van der Waals surface area contributed by atoms with Crippen LogP contribution in [-0.2, 0) is 4.79 Å². The number of carbonyl (C=O) groups is 1.